The zero-order valence-electron chi connectivity index (χ0n) is 14.8. The summed E-state index contributed by atoms with van der Waals surface area (Å²) in [4.78, 5) is 39.8. The molecule has 1 rings (SSSR count). The van der Waals surface area contributed by atoms with Crippen LogP contribution < -0.4 is 10.6 Å². The summed E-state index contributed by atoms with van der Waals surface area (Å²) in [6, 6.07) is 3.77. The molecule has 0 fully saturated rings. The molecule has 8 heteroatoms. The summed E-state index contributed by atoms with van der Waals surface area (Å²) in [5.41, 5.74) is -0.585. The third-order valence-corrected chi connectivity index (χ3v) is 2.91. The minimum Gasteiger partial charge on any atom is -0.467 e. The molecule has 0 radical (unpaired) electrons. The fraction of sp³-hybridized carbons (Fsp3) is 0.412. The zero-order valence-corrected chi connectivity index (χ0v) is 14.8. The van der Waals surface area contributed by atoms with Gasteiger partial charge in [-0.3, -0.25) is 14.6 Å². The van der Waals surface area contributed by atoms with Gasteiger partial charge in [0.15, 0.2) is 6.04 Å². The number of nitrogens with zero attached hydrogens (tertiary/aromatic N) is 1. The number of pyridine rings is 1. The van der Waals surface area contributed by atoms with Crippen molar-refractivity contribution in [2.45, 2.75) is 32.4 Å². The number of hydrogen-bond donors (Lipinski definition) is 2. The predicted molar refractivity (Wildman–Crippen MR) is 90.5 cm³/mol. The number of nitrogens with one attached hydrogen (secondary N) is 2. The molecule has 136 valence electrons. The summed E-state index contributed by atoms with van der Waals surface area (Å²) < 4.78 is 10.2. The highest BCUT2D eigenvalue weighted by Gasteiger charge is 2.26. The molecule has 0 spiro atoms. The van der Waals surface area contributed by atoms with Gasteiger partial charge in [-0.25, -0.2) is 4.79 Å². The molecule has 0 aliphatic heterocycles. The van der Waals surface area contributed by atoms with Gasteiger partial charge in [-0.05, 0) is 32.9 Å². The molecule has 1 heterocycles. The summed E-state index contributed by atoms with van der Waals surface area (Å²) >= 11 is 0. The highest BCUT2D eigenvalue weighted by Crippen LogP contribution is 2.08. The zero-order chi connectivity index (χ0) is 19.0. The van der Waals surface area contributed by atoms with E-state index in [0.29, 0.717) is 0 Å². The monoisotopic (exact) mass is 349 g/mol. The number of aromatic nitrogens is 1. The second-order valence-electron chi connectivity index (χ2n) is 6.12. The number of rotatable bonds is 7. The van der Waals surface area contributed by atoms with Gasteiger partial charge in [0.25, 0.3) is 11.8 Å². The second kappa shape index (κ2) is 8.93. The van der Waals surface area contributed by atoms with Crippen LogP contribution in [-0.4, -0.2) is 48.1 Å². The first-order valence-electron chi connectivity index (χ1n) is 7.58. The van der Waals surface area contributed by atoms with Crippen molar-refractivity contribution in [3.05, 3.63) is 42.4 Å². The topological polar surface area (TPSA) is 107 Å². The number of methoxy groups -OCH3 is 1. The number of carbonyl (C=O) groups is 3. The van der Waals surface area contributed by atoms with Gasteiger partial charge in [0.1, 0.15) is 5.69 Å². The molecule has 0 saturated carbocycles. The number of carbonyl (C=O) groups excluding carboxylic acids is 3. The third-order valence-electron chi connectivity index (χ3n) is 2.91. The maximum Gasteiger partial charge on any atom is 0.330 e. The van der Waals surface area contributed by atoms with Gasteiger partial charge < -0.3 is 20.1 Å². The van der Waals surface area contributed by atoms with E-state index in [4.69, 9.17) is 4.74 Å². The molecule has 1 aromatic rings. The summed E-state index contributed by atoms with van der Waals surface area (Å²) in [5, 5.41) is 4.75. The van der Waals surface area contributed by atoms with E-state index in [1.54, 1.807) is 12.1 Å². The lowest BCUT2D eigenvalue weighted by molar-refractivity contribution is -0.148. The average molecular weight is 349 g/mol. The number of esters is 1. The van der Waals surface area contributed by atoms with Gasteiger partial charge in [0.2, 0.25) is 0 Å². The first-order valence-corrected chi connectivity index (χ1v) is 7.58. The molecule has 0 aliphatic carbocycles. The van der Waals surface area contributed by atoms with Gasteiger partial charge >= 0.3 is 5.97 Å². The van der Waals surface area contributed by atoms with E-state index in [2.05, 4.69) is 26.9 Å². The normalized spacial score (nSPS) is 12.0. The second-order valence-corrected chi connectivity index (χ2v) is 6.12. The van der Waals surface area contributed by atoms with Crippen LogP contribution >= 0.6 is 0 Å². The van der Waals surface area contributed by atoms with Gasteiger partial charge in [0, 0.05) is 6.20 Å². The lowest BCUT2D eigenvalue weighted by Crippen LogP contribution is -2.48. The SMILES string of the molecule is C=C(NC(=O)c1ccccn1)C(=O)N[C@@H](COC(C)(C)C)C(=O)OC. The van der Waals surface area contributed by atoms with Crippen LogP contribution in [0.1, 0.15) is 31.3 Å². The van der Waals surface area contributed by atoms with Gasteiger partial charge in [-0.15, -0.1) is 0 Å². The summed E-state index contributed by atoms with van der Waals surface area (Å²) in [6.45, 7) is 8.87. The maximum absolute atomic E-state index is 12.2. The lowest BCUT2D eigenvalue weighted by atomic mass is 10.2. The molecule has 2 N–H and O–H groups in total. The fourth-order valence-electron chi connectivity index (χ4n) is 1.64. The van der Waals surface area contributed by atoms with Crippen LogP contribution in [0.4, 0.5) is 0 Å². The van der Waals surface area contributed by atoms with Crippen molar-refractivity contribution in [3.8, 4) is 0 Å². The van der Waals surface area contributed by atoms with Crippen molar-refractivity contribution in [2.24, 2.45) is 0 Å². The lowest BCUT2D eigenvalue weighted by Gasteiger charge is -2.24. The Morgan fingerprint density at radius 3 is 2.48 bits per heavy atom. The molecule has 2 amide bonds. The van der Waals surface area contributed by atoms with Crippen LogP contribution in [-0.2, 0) is 19.1 Å². The van der Waals surface area contributed by atoms with Crippen LogP contribution in [0.25, 0.3) is 0 Å². The first-order chi connectivity index (χ1) is 11.6. The number of amides is 2. The summed E-state index contributed by atoms with van der Waals surface area (Å²) in [5.74, 6) is -1.97. The Kier molecular flexibility index (Phi) is 7.25. The first kappa shape index (κ1) is 20.3. The van der Waals surface area contributed by atoms with Gasteiger partial charge in [-0.1, -0.05) is 12.6 Å². The van der Waals surface area contributed by atoms with E-state index in [1.807, 2.05) is 20.8 Å². The van der Waals surface area contributed by atoms with Crippen molar-refractivity contribution < 1.29 is 23.9 Å². The standard InChI is InChI=1S/C17H23N3O5/c1-11(19-15(22)12-8-6-7-9-18-12)14(21)20-13(16(23)24-5)10-25-17(2,3)4/h6-9,13H,1,10H2,2-5H3,(H,19,22)(H,20,21)/t13-/m0/s1. The molecule has 1 aromatic heterocycles. The Bertz CT molecular complexity index is 637. The Morgan fingerprint density at radius 1 is 1.28 bits per heavy atom. The molecule has 0 unspecified atom stereocenters. The third kappa shape index (κ3) is 7.13. The van der Waals surface area contributed by atoms with Crippen LogP contribution in [0.2, 0.25) is 0 Å². The average Bonchev–Trinajstić information content (AvgIpc) is 2.57. The highest BCUT2D eigenvalue weighted by atomic mass is 16.5. The van der Waals surface area contributed by atoms with E-state index < -0.39 is 29.4 Å². The molecular weight excluding hydrogens is 326 g/mol. The molecule has 0 saturated heterocycles. The van der Waals surface area contributed by atoms with Crippen LogP contribution in [0, 0.1) is 0 Å². The van der Waals surface area contributed by atoms with Crippen molar-refractivity contribution >= 4 is 17.8 Å². The molecule has 0 aliphatic rings. The minimum absolute atomic E-state index is 0.0800. The van der Waals surface area contributed by atoms with Crippen LogP contribution in [0.3, 0.4) is 0 Å². The fourth-order valence-corrected chi connectivity index (χ4v) is 1.64. The summed E-state index contributed by atoms with van der Waals surface area (Å²) in [7, 11) is 1.20. The number of ether oxygens (including phenoxy) is 2. The van der Waals surface area contributed by atoms with E-state index in [-0.39, 0.29) is 18.0 Å². The Morgan fingerprint density at radius 2 is 1.96 bits per heavy atom. The smallest absolute Gasteiger partial charge is 0.330 e. The van der Waals surface area contributed by atoms with Crippen LogP contribution in [0.15, 0.2) is 36.7 Å². The van der Waals surface area contributed by atoms with E-state index >= 15 is 0 Å². The van der Waals surface area contributed by atoms with Crippen molar-refractivity contribution in [1.82, 2.24) is 15.6 Å². The quantitative estimate of drug-likeness (QED) is 0.557. The molecule has 25 heavy (non-hydrogen) atoms. The maximum atomic E-state index is 12.2. The van der Waals surface area contributed by atoms with E-state index in [1.165, 1.54) is 19.4 Å². The van der Waals surface area contributed by atoms with Crippen molar-refractivity contribution in [1.29, 1.82) is 0 Å². The van der Waals surface area contributed by atoms with Crippen LogP contribution in [0.5, 0.6) is 0 Å². The van der Waals surface area contributed by atoms with Gasteiger partial charge in [0.05, 0.1) is 25.0 Å². The van der Waals surface area contributed by atoms with E-state index in [0.717, 1.165) is 0 Å². The number of hydrogen-bond acceptors (Lipinski definition) is 6. The predicted octanol–water partition coefficient (Wildman–Crippen LogP) is 0.798. The minimum atomic E-state index is -1.03. The van der Waals surface area contributed by atoms with Crippen molar-refractivity contribution in [3.63, 3.8) is 0 Å². The largest absolute Gasteiger partial charge is 0.467 e. The molecular formula is C17H23N3O5. The molecule has 8 nitrogen and oxygen atoms in total. The Hall–Kier alpha value is -2.74. The highest BCUT2D eigenvalue weighted by molar-refractivity contribution is 6.02. The Balaban J connectivity index is 2.67. The molecule has 1 atom stereocenters. The van der Waals surface area contributed by atoms with E-state index in [9.17, 15) is 14.4 Å². The van der Waals surface area contributed by atoms with Crippen molar-refractivity contribution in [2.75, 3.05) is 13.7 Å². The summed E-state index contributed by atoms with van der Waals surface area (Å²) in [6.07, 6.45) is 1.45. The molecule has 0 aromatic carbocycles. The van der Waals surface area contributed by atoms with Gasteiger partial charge in [-0.2, -0.15) is 0 Å². The molecule has 0 bridgehead atoms. The Labute approximate surface area is 146 Å².